The Hall–Kier alpha value is -2.82. The lowest BCUT2D eigenvalue weighted by molar-refractivity contribution is -0.135. The fraction of sp³-hybridized carbons (Fsp3) is 0.300. The van der Waals surface area contributed by atoms with Gasteiger partial charge in [0.1, 0.15) is 11.5 Å². The Balaban J connectivity index is 1.60. The van der Waals surface area contributed by atoms with Gasteiger partial charge < -0.3 is 14.2 Å². The van der Waals surface area contributed by atoms with Crippen molar-refractivity contribution >= 4 is 11.8 Å². The van der Waals surface area contributed by atoms with Gasteiger partial charge in [0.2, 0.25) is 0 Å². The lowest BCUT2D eigenvalue weighted by atomic mass is 10.1. The summed E-state index contributed by atoms with van der Waals surface area (Å²) in [5.74, 6) is 0.0288. The Kier molecular flexibility index (Phi) is 7.50. The van der Waals surface area contributed by atoms with Crippen molar-refractivity contribution in [1.82, 2.24) is 0 Å². The molecular weight excluding hydrogens is 320 g/mol. The van der Waals surface area contributed by atoms with Crippen LogP contribution in [0, 0.1) is 0 Å². The molecule has 0 aliphatic heterocycles. The first-order chi connectivity index (χ1) is 12.2. The van der Waals surface area contributed by atoms with Crippen molar-refractivity contribution in [3.8, 4) is 11.5 Å². The van der Waals surface area contributed by atoms with Gasteiger partial charge in [-0.1, -0.05) is 18.2 Å². The minimum atomic E-state index is -0.869. The van der Waals surface area contributed by atoms with Crippen LogP contribution in [0.25, 0.3) is 0 Å². The number of ether oxygens (including phenoxy) is 3. The summed E-state index contributed by atoms with van der Waals surface area (Å²) in [7, 11) is 1.18. The van der Waals surface area contributed by atoms with Gasteiger partial charge in [0, 0.05) is 5.56 Å². The number of Topliss-reactive ketones (excluding diaryl/α,β-unsaturated/α-hetero) is 1. The van der Waals surface area contributed by atoms with E-state index in [0.717, 1.165) is 25.0 Å². The van der Waals surface area contributed by atoms with Crippen LogP contribution in [-0.2, 0) is 9.53 Å². The highest BCUT2D eigenvalue weighted by Gasteiger charge is 2.16. The second kappa shape index (κ2) is 10.1. The molecule has 0 saturated carbocycles. The Bertz CT molecular complexity index is 664. The van der Waals surface area contributed by atoms with Crippen LogP contribution in [0.15, 0.2) is 54.6 Å². The number of methoxy groups -OCH3 is 1. The van der Waals surface area contributed by atoms with E-state index in [1.54, 1.807) is 24.3 Å². The molecular formula is C20H22O5. The van der Waals surface area contributed by atoms with E-state index in [0.29, 0.717) is 19.0 Å². The molecule has 2 aromatic rings. The predicted molar refractivity (Wildman–Crippen MR) is 94.1 cm³/mol. The Morgan fingerprint density at radius 3 is 1.88 bits per heavy atom. The van der Waals surface area contributed by atoms with Gasteiger partial charge in [-0.05, 0) is 55.7 Å². The van der Waals surface area contributed by atoms with Gasteiger partial charge in [-0.15, -0.1) is 0 Å². The minimum absolute atomic E-state index is 0.289. The second-order valence-corrected chi connectivity index (χ2v) is 5.42. The number of benzene rings is 2. The average Bonchev–Trinajstić information content (AvgIpc) is 2.67. The first kappa shape index (κ1) is 18.5. The molecule has 132 valence electrons. The first-order valence-corrected chi connectivity index (χ1v) is 8.24. The number of esters is 1. The highest BCUT2D eigenvalue weighted by Crippen LogP contribution is 2.14. The molecule has 0 N–H and O–H groups in total. The summed E-state index contributed by atoms with van der Waals surface area (Å²) in [5, 5.41) is 0. The van der Waals surface area contributed by atoms with Crippen molar-refractivity contribution in [2.75, 3.05) is 20.3 Å². The molecule has 0 radical (unpaired) electrons. The number of para-hydroxylation sites is 1. The smallest absolute Gasteiger partial charge is 0.379 e. The van der Waals surface area contributed by atoms with Crippen molar-refractivity contribution in [3.05, 3.63) is 60.2 Å². The van der Waals surface area contributed by atoms with E-state index in [9.17, 15) is 9.59 Å². The Labute approximate surface area is 147 Å². The van der Waals surface area contributed by atoms with E-state index >= 15 is 0 Å². The van der Waals surface area contributed by atoms with Gasteiger partial charge >= 0.3 is 5.97 Å². The summed E-state index contributed by atoms with van der Waals surface area (Å²) in [6.45, 7) is 1.28. The molecule has 2 rings (SSSR count). The molecule has 2 aromatic carbocycles. The molecule has 0 aliphatic carbocycles. The summed E-state index contributed by atoms with van der Waals surface area (Å²) >= 11 is 0. The maximum atomic E-state index is 11.6. The van der Waals surface area contributed by atoms with E-state index in [4.69, 9.17) is 9.47 Å². The van der Waals surface area contributed by atoms with Gasteiger partial charge in [-0.2, -0.15) is 0 Å². The number of unbranched alkanes of at least 4 members (excludes halogenated alkanes) is 2. The van der Waals surface area contributed by atoms with Crippen molar-refractivity contribution in [2.45, 2.75) is 19.3 Å². The summed E-state index contributed by atoms with van der Waals surface area (Å²) < 4.78 is 15.7. The lowest BCUT2D eigenvalue weighted by Crippen LogP contribution is -2.15. The van der Waals surface area contributed by atoms with Crippen molar-refractivity contribution < 1.29 is 23.8 Å². The van der Waals surface area contributed by atoms with Crippen LogP contribution in [-0.4, -0.2) is 32.1 Å². The third-order valence-electron chi connectivity index (χ3n) is 3.56. The largest absolute Gasteiger partial charge is 0.494 e. The third kappa shape index (κ3) is 6.30. The fourth-order valence-electron chi connectivity index (χ4n) is 2.19. The molecule has 0 amide bonds. The molecule has 5 nitrogen and oxygen atoms in total. The van der Waals surface area contributed by atoms with Gasteiger partial charge in [-0.3, -0.25) is 4.79 Å². The van der Waals surface area contributed by atoms with Crippen LogP contribution in [0.4, 0.5) is 0 Å². The standard InChI is InChI=1S/C20H22O5/c1-23-20(22)19(21)16-10-12-18(13-11-16)25-15-7-3-6-14-24-17-8-4-2-5-9-17/h2,4-5,8-13H,3,6-7,14-15H2,1H3. The Morgan fingerprint density at radius 2 is 1.32 bits per heavy atom. The van der Waals surface area contributed by atoms with Crippen molar-refractivity contribution in [2.24, 2.45) is 0 Å². The zero-order chi connectivity index (χ0) is 17.9. The van der Waals surface area contributed by atoms with E-state index in [2.05, 4.69) is 4.74 Å². The van der Waals surface area contributed by atoms with Crippen LogP contribution in [0.3, 0.4) is 0 Å². The van der Waals surface area contributed by atoms with Gasteiger partial charge in [0.05, 0.1) is 20.3 Å². The quantitative estimate of drug-likeness (QED) is 0.285. The molecule has 0 spiro atoms. The lowest BCUT2D eigenvalue weighted by Gasteiger charge is -2.08. The molecule has 0 unspecified atom stereocenters. The number of hydrogen-bond donors (Lipinski definition) is 0. The molecule has 25 heavy (non-hydrogen) atoms. The van der Waals surface area contributed by atoms with E-state index in [1.165, 1.54) is 7.11 Å². The molecule has 0 bridgehead atoms. The summed E-state index contributed by atoms with van der Waals surface area (Å²) in [6.07, 6.45) is 2.89. The zero-order valence-electron chi connectivity index (χ0n) is 14.3. The highest BCUT2D eigenvalue weighted by atomic mass is 16.5. The highest BCUT2D eigenvalue weighted by molar-refractivity contribution is 6.40. The molecule has 0 saturated heterocycles. The summed E-state index contributed by atoms with van der Waals surface area (Å²) in [5.41, 5.74) is 0.289. The molecule has 0 aromatic heterocycles. The van der Waals surface area contributed by atoms with Gasteiger partial charge in [0.15, 0.2) is 0 Å². The van der Waals surface area contributed by atoms with Crippen LogP contribution in [0.1, 0.15) is 29.6 Å². The number of rotatable bonds is 10. The molecule has 0 aliphatic rings. The topological polar surface area (TPSA) is 61.8 Å². The summed E-state index contributed by atoms with van der Waals surface area (Å²) in [6, 6.07) is 16.2. The maximum Gasteiger partial charge on any atom is 0.379 e. The van der Waals surface area contributed by atoms with Gasteiger partial charge in [0.25, 0.3) is 5.78 Å². The van der Waals surface area contributed by atoms with Crippen LogP contribution >= 0.6 is 0 Å². The monoisotopic (exact) mass is 342 g/mol. The fourth-order valence-corrected chi connectivity index (χ4v) is 2.19. The minimum Gasteiger partial charge on any atom is -0.494 e. The Morgan fingerprint density at radius 1 is 0.760 bits per heavy atom. The van der Waals surface area contributed by atoms with E-state index in [-0.39, 0.29) is 5.56 Å². The predicted octanol–water partition coefficient (Wildman–Crippen LogP) is 3.67. The zero-order valence-corrected chi connectivity index (χ0v) is 14.3. The van der Waals surface area contributed by atoms with Crippen LogP contribution < -0.4 is 9.47 Å². The molecule has 0 atom stereocenters. The maximum absolute atomic E-state index is 11.6. The average molecular weight is 342 g/mol. The SMILES string of the molecule is COC(=O)C(=O)c1ccc(OCCCCCOc2ccccc2)cc1. The van der Waals surface area contributed by atoms with E-state index in [1.807, 2.05) is 30.3 Å². The number of hydrogen-bond acceptors (Lipinski definition) is 5. The van der Waals surface area contributed by atoms with Crippen molar-refractivity contribution in [1.29, 1.82) is 0 Å². The normalized spacial score (nSPS) is 10.1. The number of ketones is 1. The molecule has 0 heterocycles. The number of carbonyl (C=O) groups is 2. The van der Waals surface area contributed by atoms with Crippen LogP contribution in [0.2, 0.25) is 0 Å². The van der Waals surface area contributed by atoms with Crippen molar-refractivity contribution in [3.63, 3.8) is 0 Å². The van der Waals surface area contributed by atoms with Gasteiger partial charge in [-0.25, -0.2) is 4.79 Å². The first-order valence-electron chi connectivity index (χ1n) is 8.24. The summed E-state index contributed by atoms with van der Waals surface area (Å²) in [4.78, 5) is 22.8. The van der Waals surface area contributed by atoms with Crippen LogP contribution in [0.5, 0.6) is 11.5 Å². The number of carbonyl (C=O) groups excluding carboxylic acids is 2. The second-order valence-electron chi connectivity index (χ2n) is 5.42. The molecule has 0 fully saturated rings. The van der Waals surface area contributed by atoms with E-state index < -0.39 is 11.8 Å². The molecule has 5 heteroatoms. The third-order valence-corrected chi connectivity index (χ3v) is 3.56.